The van der Waals surface area contributed by atoms with Crippen LogP contribution in [0.5, 0.6) is 0 Å². The van der Waals surface area contributed by atoms with Crippen molar-refractivity contribution >= 4 is 50.8 Å². The van der Waals surface area contributed by atoms with Gasteiger partial charge in [0.15, 0.2) is 0 Å². The van der Waals surface area contributed by atoms with Gasteiger partial charge >= 0.3 is 0 Å². The van der Waals surface area contributed by atoms with Crippen molar-refractivity contribution in [1.29, 1.82) is 0 Å². The molecule has 0 bridgehead atoms. The molecular weight excluding hydrogens is 508 g/mol. The van der Waals surface area contributed by atoms with Gasteiger partial charge in [-0.1, -0.05) is 76.6 Å². The third kappa shape index (κ3) is 3.69. The van der Waals surface area contributed by atoms with E-state index >= 15 is 0 Å². The van der Waals surface area contributed by atoms with Crippen LogP contribution in [-0.4, -0.2) is 21.0 Å². The summed E-state index contributed by atoms with van der Waals surface area (Å²) in [5.41, 5.74) is 6.75. The molecule has 1 N–H and O–H groups in total. The maximum absolute atomic E-state index is 13.7. The minimum absolute atomic E-state index is 0.152. The predicted molar refractivity (Wildman–Crippen MR) is 143 cm³/mol. The fourth-order valence-corrected chi connectivity index (χ4v) is 5.03. The molecule has 0 spiro atoms. The van der Waals surface area contributed by atoms with Crippen molar-refractivity contribution in [3.05, 3.63) is 110 Å². The van der Waals surface area contributed by atoms with Gasteiger partial charge in [-0.25, -0.2) is 4.98 Å². The molecule has 0 saturated carbocycles. The van der Waals surface area contributed by atoms with Crippen LogP contribution in [0.25, 0.3) is 39.3 Å². The third-order valence-electron chi connectivity index (χ3n) is 5.67. The first-order valence-corrected chi connectivity index (χ1v) is 12.3. The van der Waals surface area contributed by atoms with E-state index in [9.17, 15) is 4.79 Å². The van der Waals surface area contributed by atoms with Gasteiger partial charge in [0.1, 0.15) is 0 Å². The van der Waals surface area contributed by atoms with Crippen LogP contribution in [0.2, 0.25) is 0 Å². The predicted octanol–water partition coefficient (Wildman–Crippen LogP) is 6.98. The van der Waals surface area contributed by atoms with Crippen molar-refractivity contribution in [2.45, 2.75) is 0 Å². The second kappa shape index (κ2) is 8.52. The van der Waals surface area contributed by atoms with E-state index in [0.29, 0.717) is 10.7 Å². The highest BCUT2D eigenvalue weighted by Crippen LogP contribution is 2.33. The van der Waals surface area contributed by atoms with Gasteiger partial charge in [-0.05, 0) is 24.3 Å². The zero-order valence-electron chi connectivity index (χ0n) is 17.8. The lowest BCUT2D eigenvalue weighted by Crippen LogP contribution is -2.15. The number of halogens is 1. The zero-order valence-corrected chi connectivity index (χ0v) is 20.2. The fraction of sp³-hybridized carbons (Fsp3) is 0. The highest BCUT2D eigenvalue weighted by atomic mass is 79.9. The minimum atomic E-state index is -0.152. The Kier molecular flexibility index (Phi) is 5.20. The highest BCUT2D eigenvalue weighted by molar-refractivity contribution is 9.10. The number of aromatic nitrogens is 3. The fourth-order valence-electron chi connectivity index (χ4n) is 3.97. The summed E-state index contributed by atoms with van der Waals surface area (Å²) in [6, 6.07) is 25.8. The van der Waals surface area contributed by atoms with Crippen LogP contribution in [0.15, 0.2) is 98.5 Å². The molecule has 5 aromatic rings. The van der Waals surface area contributed by atoms with Crippen LogP contribution >= 0.6 is 27.3 Å². The Morgan fingerprint density at radius 2 is 1.68 bits per heavy atom. The van der Waals surface area contributed by atoms with Gasteiger partial charge in [-0.15, -0.1) is 11.3 Å². The van der Waals surface area contributed by atoms with E-state index in [0.717, 1.165) is 43.8 Å². The molecule has 0 atom stereocenters. The number of para-hydroxylation sites is 1. The van der Waals surface area contributed by atoms with Crippen molar-refractivity contribution in [2.75, 3.05) is 0 Å². The molecule has 1 aliphatic rings. The molecule has 0 aliphatic carbocycles. The van der Waals surface area contributed by atoms with Gasteiger partial charge in [-0.2, -0.15) is 4.68 Å². The number of hydrogen-bond acceptors (Lipinski definition) is 4. The molecule has 164 valence electrons. The van der Waals surface area contributed by atoms with Gasteiger partial charge in [0, 0.05) is 38.3 Å². The van der Waals surface area contributed by atoms with Crippen LogP contribution in [0.3, 0.4) is 0 Å². The second-order valence-corrected chi connectivity index (χ2v) is 9.56. The van der Waals surface area contributed by atoms with Gasteiger partial charge in [0.2, 0.25) is 5.13 Å². The Hall–Kier alpha value is -3.81. The summed E-state index contributed by atoms with van der Waals surface area (Å²) in [6.07, 6.45) is 3.72. The molecule has 0 unspecified atom stereocenters. The number of rotatable bonds is 4. The Balaban J connectivity index is 1.49. The number of nitrogens with zero attached hydrogens (tertiary/aromatic N) is 3. The SMILES string of the molecule is O=c1c(/C=C2/C=Nc3ccccc32)c(-c2ccccc2)[nH]n1-c1nc(-c2ccc(Br)cc2)cs1. The molecule has 1 aliphatic heterocycles. The standard InChI is InChI=1S/C27H17BrN4OS/c28-20-12-10-17(11-13-20)24-16-34-27(30-24)32-26(33)22(25(31-32)18-6-2-1-3-7-18)14-19-15-29-23-9-5-4-8-21(19)23/h1-16,31H/b19-14-. The number of fused-ring (bicyclic) bond motifs is 1. The second-order valence-electron chi connectivity index (χ2n) is 7.80. The maximum atomic E-state index is 13.7. The quantitative estimate of drug-likeness (QED) is 0.275. The molecule has 0 fully saturated rings. The van der Waals surface area contributed by atoms with Gasteiger partial charge in [0.05, 0.1) is 22.6 Å². The van der Waals surface area contributed by atoms with E-state index in [1.54, 1.807) is 0 Å². The number of thiazole rings is 1. The van der Waals surface area contributed by atoms with E-state index < -0.39 is 0 Å². The highest BCUT2D eigenvalue weighted by Gasteiger charge is 2.20. The summed E-state index contributed by atoms with van der Waals surface area (Å²) in [7, 11) is 0. The van der Waals surface area contributed by atoms with Gasteiger partial charge < -0.3 is 0 Å². The monoisotopic (exact) mass is 524 g/mol. The Morgan fingerprint density at radius 1 is 0.912 bits per heavy atom. The Morgan fingerprint density at radius 3 is 2.50 bits per heavy atom. The topological polar surface area (TPSA) is 63.0 Å². The van der Waals surface area contributed by atoms with Gasteiger partial charge in [0.25, 0.3) is 5.56 Å². The number of benzene rings is 3. The van der Waals surface area contributed by atoms with E-state index in [4.69, 9.17) is 4.98 Å². The molecule has 5 nitrogen and oxygen atoms in total. The zero-order chi connectivity index (χ0) is 23.1. The van der Waals surface area contributed by atoms with E-state index in [-0.39, 0.29) is 5.56 Å². The van der Waals surface area contributed by atoms with E-state index in [2.05, 4.69) is 26.0 Å². The van der Waals surface area contributed by atoms with Crippen LogP contribution < -0.4 is 5.56 Å². The van der Waals surface area contributed by atoms with Crippen LogP contribution in [-0.2, 0) is 0 Å². The number of aromatic amines is 1. The van der Waals surface area contributed by atoms with Crippen molar-refractivity contribution < 1.29 is 0 Å². The molecule has 2 aromatic heterocycles. The van der Waals surface area contributed by atoms with Crippen LogP contribution in [0, 0.1) is 0 Å². The van der Waals surface area contributed by atoms with Crippen LogP contribution in [0.4, 0.5) is 5.69 Å². The number of H-pyrrole nitrogens is 1. The molecule has 0 amide bonds. The Bertz CT molecular complexity index is 1630. The summed E-state index contributed by atoms with van der Waals surface area (Å²) in [5, 5.41) is 5.86. The number of aliphatic imine (C=N–C) groups is 1. The first-order valence-electron chi connectivity index (χ1n) is 10.6. The molecule has 7 heteroatoms. The molecule has 6 rings (SSSR count). The van der Waals surface area contributed by atoms with Crippen molar-refractivity contribution in [1.82, 2.24) is 14.8 Å². The summed E-state index contributed by atoms with van der Waals surface area (Å²) in [5.74, 6) is 0. The van der Waals surface area contributed by atoms with E-state index in [1.807, 2.05) is 96.5 Å². The van der Waals surface area contributed by atoms with Crippen molar-refractivity contribution in [3.8, 4) is 27.6 Å². The average molecular weight is 525 g/mol. The summed E-state index contributed by atoms with van der Waals surface area (Å²) >= 11 is 4.89. The molecule has 34 heavy (non-hydrogen) atoms. The largest absolute Gasteiger partial charge is 0.288 e. The molecule has 3 aromatic carbocycles. The van der Waals surface area contributed by atoms with Crippen molar-refractivity contribution in [2.24, 2.45) is 4.99 Å². The molecule has 0 radical (unpaired) electrons. The first kappa shape index (κ1) is 20.8. The molecular formula is C27H17BrN4OS. The van der Waals surface area contributed by atoms with Gasteiger partial charge in [-0.3, -0.25) is 14.9 Å². The summed E-state index contributed by atoms with van der Waals surface area (Å²) in [4.78, 5) is 22.9. The Labute approximate surface area is 207 Å². The molecule has 0 saturated heterocycles. The summed E-state index contributed by atoms with van der Waals surface area (Å²) in [6.45, 7) is 0. The normalized spacial score (nSPS) is 13.5. The minimum Gasteiger partial charge on any atom is -0.288 e. The first-order chi connectivity index (χ1) is 16.7. The van der Waals surface area contributed by atoms with Crippen LogP contribution in [0.1, 0.15) is 11.1 Å². The summed E-state index contributed by atoms with van der Waals surface area (Å²) < 4.78 is 2.54. The molecule has 3 heterocycles. The van der Waals surface area contributed by atoms with E-state index in [1.165, 1.54) is 16.0 Å². The lowest BCUT2D eigenvalue weighted by Gasteiger charge is -2.01. The number of allylic oxidation sites excluding steroid dienone is 1. The lowest BCUT2D eigenvalue weighted by atomic mass is 10.0. The number of nitrogens with one attached hydrogen (secondary N) is 1. The lowest BCUT2D eigenvalue weighted by molar-refractivity contribution is 0.843. The number of hydrogen-bond donors (Lipinski definition) is 1. The maximum Gasteiger partial charge on any atom is 0.281 e. The van der Waals surface area contributed by atoms with Crippen molar-refractivity contribution in [3.63, 3.8) is 0 Å². The average Bonchev–Trinajstić information content (AvgIpc) is 3.59. The third-order valence-corrected chi connectivity index (χ3v) is 7.02. The smallest absolute Gasteiger partial charge is 0.281 e.